The minimum Gasteiger partial charge on any atom is -0.494 e. The fourth-order valence-electron chi connectivity index (χ4n) is 2.43. The number of halogens is 1. The van der Waals surface area contributed by atoms with Crippen LogP contribution in [0.5, 0.6) is 5.75 Å². The van der Waals surface area contributed by atoms with E-state index in [1.807, 2.05) is 41.8 Å². The summed E-state index contributed by atoms with van der Waals surface area (Å²) in [5.74, 6) is 0.785. The van der Waals surface area contributed by atoms with Crippen LogP contribution in [0.25, 0.3) is 16.9 Å². The zero-order valence-corrected chi connectivity index (χ0v) is 15.0. The Morgan fingerprint density at radius 2 is 1.96 bits per heavy atom. The van der Waals surface area contributed by atoms with Gasteiger partial charge >= 0.3 is 0 Å². The van der Waals surface area contributed by atoms with Gasteiger partial charge in [0.1, 0.15) is 12.1 Å². The van der Waals surface area contributed by atoms with Gasteiger partial charge in [-0.2, -0.15) is 0 Å². The van der Waals surface area contributed by atoms with Crippen molar-refractivity contribution in [2.24, 2.45) is 0 Å². The van der Waals surface area contributed by atoms with Gasteiger partial charge in [-0.25, -0.2) is 9.19 Å². The molecule has 6 nitrogen and oxygen atoms in total. The fourth-order valence-corrected chi connectivity index (χ4v) is 3.10. The van der Waals surface area contributed by atoms with Crippen molar-refractivity contribution in [1.82, 2.24) is 14.5 Å². The molecule has 1 unspecified atom stereocenters. The summed E-state index contributed by atoms with van der Waals surface area (Å²) >= 11 is 4.36. The Kier molecular flexibility index (Phi) is 5.47. The number of pyridine rings is 1. The van der Waals surface area contributed by atoms with E-state index in [4.69, 9.17) is 20.9 Å². The van der Waals surface area contributed by atoms with Crippen LogP contribution >= 0.6 is 11.6 Å². The van der Waals surface area contributed by atoms with Crippen LogP contribution in [0.1, 0.15) is 12.6 Å². The minimum atomic E-state index is -1.92. The number of aromatic nitrogens is 3. The smallest absolute Gasteiger partial charge is 0.158 e. The highest BCUT2D eigenvalue weighted by atomic mass is 35.5. The van der Waals surface area contributed by atoms with E-state index in [9.17, 15) is 4.21 Å². The average molecular weight is 378 g/mol. The molecule has 1 atom stereocenters. The molecule has 0 amide bonds. The van der Waals surface area contributed by atoms with Crippen molar-refractivity contribution >= 4 is 22.7 Å². The molecule has 3 rings (SSSR count). The van der Waals surface area contributed by atoms with Gasteiger partial charge in [0, 0.05) is 5.56 Å². The number of imidazole rings is 1. The van der Waals surface area contributed by atoms with E-state index in [-0.39, 0.29) is 5.75 Å². The Labute approximate surface area is 152 Å². The molecular weight excluding hydrogens is 362 g/mol. The largest absolute Gasteiger partial charge is 0.494 e. The van der Waals surface area contributed by atoms with E-state index >= 15 is 0 Å². The zero-order chi connectivity index (χ0) is 17.8. The summed E-state index contributed by atoms with van der Waals surface area (Å²) in [6.07, 6.45) is 3.24. The van der Waals surface area contributed by atoms with Crippen molar-refractivity contribution in [1.29, 1.82) is 0 Å². The van der Waals surface area contributed by atoms with Gasteiger partial charge in [0.2, 0.25) is 0 Å². The summed E-state index contributed by atoms with van der Waals surface area (Å²) in [6.45, 7) is 2.54. The Balaban J connectivity index is 1.95. The average Bonchev–Trinajstić information content (AvgIpc) is 2.98. The monoisotopic (exact) mass is 377 g/mol. The van der Waals surface area contributed by atoms with Crippen molar-refractivity contribution in [2.75, 3.05) is 6.61 Å². The molecule has 25 heavy (non-hydrogen) atoms. The molecule has 0 aliphatic carbocycles. The van der Waals surface area contributed by atoms with Crippen LogP contribution in [0.15, 0.2) is 48.9 Å². The number of rotatable bonds is 6. The maximum Gasteiger partial charge on any atom is 0.158 e. The van der Waals surface area contributed by atoms with Crippen molar-refractivity contribution < 1.29 is 13.5 Å². The van der Waals surface area contributed by atoms with E-state index in [1.54, 1.807) is 18.6 Å². The van der Waals surface area contributed by atoms with Gasteiger partial charge in [0.05, 0.1) is 35.6 Å². The maximum atomic E-state index is 10.9. The number of hydrogen-bond donors (Lipinski definition) is 1. The lowest BCUT2D eigenvalue weighted by Gasteiger charge is -2.10. The van der Waals surface area contributed by atoms with Gasteiger partial charge in [-0.05, 0) is 43.3 Å². The molecule has 0 fully saturated rings. The van der Waals surface area contributed by atoms with Crippen LogP contribution in [-0.2, 0) is 16.8 Å². The minimum absolute atomic E-state index is 0.00326. The molecule has 0 radical (unpaired) electrons. The molecule has 3 aromatic rings. The van der Waals surface area contributed by atoms with Crippen LogP contribution in [0.3, 0.4) is 0 Å². The Morgan fingerprint density at radius 3 is 2.56 bits per heavy atom. The van der Waals surface area contributed by atoms with Gasteiger partial charge in [0.15, 0.2) is 16.2 Å². The van der Waals surface area contributed by atoms with Gasteiger partial charge in [0.25, 0.3) is 0 Å². The second kappa shape index (κ2) is 7.77. The lowest BCUT2D eigenvalue weighted by atomic mass is 10.1. The Morgan fingerprint density at radius 1 is 1.20 bits per heavy atom. The third kappa shape index (κ3) is 4.07. The topological polar surface area (TPSA) is 77.2 Å². The highest BCUT2D eigenvalue weighted by Gasteiger charge is 2.13. The first-order chi connectivity index (χ1) is 12.1. The summed E-state index contributed by atoms with van der Waals surface area (Å²) in [5, 5.41) is 0.379. The molecule has 0 bridgehead atoms. The molecular formula is C17H16ClN3O3S. The van der Waals surface area contributed by atoms with E-state index in [2.05, 4.69) is 9.97 Å². The molecule has 2 heterocycles. The van der Waals surface area contributed by atoms with Crippen LogP contribution in [-0.4, -0.2) is 29.9 Å². The summed E-state index contributed by atoms with van der Waals surface area (Å²) in [5.41, 5.74) is 2.94. The SMILES string of the molecule is CCOc1ccc(-c2c(Cl)ncn2-c2ccc(CS(=O)O)nc2)cc1. The normalized spacial score (nSPS) is 12.1. The zero-order valence-electron chi connectivity index (χ0n) is 13.4. The summed E-state index contributed by atoms with van der Waals surface area (Å²) < 4.78 is 27.1. The predicted octanol–water partition coefficient (Wildman–Crippen LogP) is 3.71. The second-order valence-corrected chi connectivity index (χ2v) is 6.47. The predicted molar refractivity (Wildman–Crippen MR) is 97.4 cm³/mol. The van der Waals surface area contributed by atoms with E-state index < -0.39 is 11.1 Å². The first-order valence-electron chi connectivity index (χ1n) is 7.57. The van der Waals surface area contributed by atoms with Crippen molar-refractivity contribution in [3.05, 3.63) is 59.8 Å². The van der Waals surface area contributed by atoms with E-state index in [1.165, 1.54) is 0 Å². The molecule has 0 aliphatic heterocycles. The number of hydrogen-bond acceptors (Lipinski definition) is 4. The first kappa shape index (κ1) is 17.6. The second-order valence-electron chi connectivity index (χ2n) is 5.18. The lowest BCUT2D eigenvalue weighted by Crippen LogP contribution is -2.00. The fraction of sp³-hybridized carbons (Fsp3) is 0.176. The summed E-state index contributed by atoms with van der Waals surface area (Å²) in [4.78, 5) is 8.39. The Hall–Kier alpha value is -2.22. The number of nitrogens with zero attached hydrogens (tertiary/aromatic N) is 3. The van der Waals surface area contributed by atoms with Crippen molar-refractivity contribution in [3.8, 4) is 22.7 Å². The van der Waals surface area contributed by atoms with Gasteiger partial charge < -0.3 is 9.29 Å². The van der Waals surface area contributed by atoms with Crippen LogP contribution in [0.2, 0.25) is 5.15 Å². The van der Waals surface area contributed by atoms with Crippen molar-refractivity contribution in [3.63, 3.8) is 0 Å². The van der Waals surface area contributed by atoms with Gasteiger partial charge in [-0.1, -0.05) is 11.6 Å². The maximum absolute atomic E-state index is 10.9. The van der Waals surface area contributed by atoms with E-state index in [0.717, 1.165) is 22.7 Å². The quantitative estimate of drug-likeness (QED) is 0.662. The summed E-state index contributed by atoms with van der Waals surface area (Å²) in [6, 6.07) is 11.1. The number of ether oxygens (including phenoxy) is 1. The first-order valence-corrected chi connectivity index (χ1v) is 9.22. The van der Waals surface area contributed by atoms with Gasteiger partial charge in [-0.3, -0.25) is 9.55 Å². The highest BCUT2D eigenvalue weighted by Crippen LogP contribution is 2.30. The molecule has 2 aromatic heterocycles. The van der Waals surface area contributed by atoms with E-state index in [0.29, 0.717) is 17.5 Å². The third-order valence-corrected chi connectivity index (χ3v) is 4.34. The molecule has 8 heteroatoms. The van der Waals surface area contributed by atoms with Crippen LogP contribution in [0.4, 0.5) is 0 Å². The molecule has 0 aliphatic rings. The molecule has 0 spiro atoms. The molecule has 0 saturated heterocycles. The highest BCUT2D eigenvalue weighted by molar-refractivity contribution is 7.78. The third-order valence-electron chi connectivity index (χ3n) is 3.52. The molecule has 1 aromatic carbocycles. The van der Waals surface area contributed by atoms with Crippen molar-refractivity contribution in [2.45, 2.75) is 12.7 Å². The standard InChI is InChI=1S/C17H16ClN3O3S/c1-2-24-15-7-3-12(4-8-15)16-17(18)20-11-21(16)14-6-5-13(19-9-14)10-25(22)23/h3-9,11H,2,10H2,1H3,(H,22,23). The van der Waals surface area contributed by atoms with Crippen LogP contribution in [0, 0.1) is 0 Å². The molecule has 1 N–H and O–H groups in total. The Bertz CT molecular complexity index is 879. The molecule has 0 saturated carbocycles. The van der Waals surface area contributed by atoms with Crippen LogP contribution < -0.4 is 4.74 Å². The summed E-state index contributed by atoms with van der Waals surface area (Å²) in [7, 11) is 0. The van der Waals surface area contributed by atoms with Gasteiger partial charge in [-0.15, -0.1) is 0 Å². The molecule has 130 valence electrons. The number of benzene rings is 1. The lowest BCUT2D eigenvalue weighted by molar-refractivity contribution is 0.340.